The van der Waals surface area contributed by atoms with Gasteiger partial charge in [-0.1, -0.05) is 30.3 Å². The van der Waals surface area contributed by atoms with Gasteiger partial charge in [-0.3, -0.25) is 19.2 Å². The Morgan fingerprint density at radius 1 is 0.903 bits per heavy atom. The molecule has 1 rings (SSSR count). The predicted molar refractivity (Wildman–Crippen MR) is 108 cm³/mol. The molecule has 12 heteroatoms. The zero-order chi connectivity index (χ0) is 23.6. The van der Waals surface area contributed by atoms with Crippen LogP contribution in [-0.4, -0.2) is 70.6 Å². The molecule has 0 fully saturated rings. The number of aliphatic carboxylic acids is 1. The average Bonchev–Trinajstić information content (AvgIpc) is 2.70. The standard InChI is InChI=1S/C19H27N5O7/c1-10(20)16(27)22-12(8-15(21)26)17(28)24-14(9-25)18(29)23-13(19(30)31)7-11-5-3-2-4-6-11/h2-6,10,12-14,25H,7-9,20H2,1H3,(H2,21,26)(H,22,27)(H,23,29)(H,24,28)(H,30,31). The second-order valence-electron chi connectivity index (χ2n) is 6.85. The number of carbonyl (C=O) groups excluding carboxylic acids is 4. The van der Waals surface area contributed by atoms with Crippen LogP contribution in [0.1, 0.15) is 18.9 Å². The maximum Gasteiger partial charge on any atom is 0.326 e. The Morgan fingerprint density at radius 3 is 1.90 bits per heavy atom. The number of hydrogen-bond acceptors (Lipinski definition) is 7. The van der Waals surface area contributed by atoms with E-state index in [1.54, 1.807) is 30.3 Å². The lowest BCUT2D eigenvalue weighted by molar-refractivity contribution is -0.142. The van der Waals surface area contributed by atoms with Crippen LogP contribution in [-0.2, 0) is 30.4 Å². The van der Waals surface area contributed by atoms with Gasteiger partial charge in [0.2, 0.25) is 23.6 Å². The molecule has 0 bridgehead atoms. The Balaban J connectivity index is 2.85. The van der Waals surface area contributed by atoms with Crippen LogP contribution < -0.4 is 27.4 Å². The third kappa shape index (κ3) is 8.80. The monoisotopic (exact) mass is 437 g/mol. The maximum absolute atomic E-state index is 12.4. The van der Waals surface area contributed by atoms with Gasteiger partial charge in [0.05, 0.1) is 19.1 Å². The fourth-order valence-corrected chi connectivity index (χ4v) is 2.50. The lowest BCUT2D eigenvalue weighted by Gasteiger charge is -2.23. The number of benzene rings is 1. The van der Waals surface area contributed by atoms with E-state index in [0.29, 0.717) is 5.56 Å². The summed E-state index contributed by atoms with van der Waals surface area (Å²) in [4.78, 5) is 59.4. The molecule has 31 heavy (non-hydrogen) atoms. The first-order valence-electron chi connectivity index (χ1n) is 9.37. The molecule has 0 saturated carbocycles. The first kappa shape index (κ1) is 25.5. The smallest absolute Gasteiger partial charge is 0.326 e. The SMILES string of the molecule is CC(N)C(=O)NC(CC(N)=O)C(=O)NC(CO)C(=O)NC(Cc1ccccc1)C(=O)O. The Hall–Kier alpha value is -3.51. The highest BCUT2D eigenvalue weighted by molar-refractivity contribution is 5.96. The topological polar surface area (TPSA) is 214 Å². The quantitative estimate of drug-likeness (QED) is 0.178. The van der Waals surface area contributed by atoms with Gasteiger partial charge in [-0.25, -0.2) is 4.79 Å². The van der Waals surface area contributed by atoms with Crippen LogP contribution in [0.2, 0.25) is 0 Å². The molecule has 9 N–H and O–H groups in total. The third-order valence-electron chi connectivity index (χ3n) is 4.16. The molecule has 4 atom stereocenters. The molecule has 0 aliphatic heterocycles. The van der Waals surface area contributed by atoms with Crippen molar-refractivity contribution in [2.75, 3.05) is 6.61 Å². The predicted octanol–water partition coefficient (Wildman–Crippen LogP) is -3.02. The summed E-state index contributed by atoms with van der Waals surface area (Å²) in [7, 11) is 0. The van der Waals surface area contributed by atoms with E-state index in [2.05, 4.69) is 16.0 Å². The van der Waals surface area contributed by atoms with Crippen LogP contribution in [0.4, 0.5) is 0 Å². The molecular weight excluding hydrogens is 410 g/mol. The molecule has 1 aromatic rings. The summed E-state index contributed by atoms with van der Waals surface area (Å²) in [6, 6.07) is 3.28. The number of aliphatic hydroxyl groups excluding tert-OH is 1. The maximum atomic E-state index is 12.4. The van der Waals surface area contributed by atoms with E-state index in [0.717, 1.165) is 0 Å². The van der Waals surface area contributed by atoms with Crippen LogP contribution in [0.25, 0.3) is 0 Å². The number of amides is 4. The van der Waals surface area contributed by atoms with Gasteiger partial charge in [0.25, 0.3) is 0 Å². The second kappa shape index (κ2) is 12.2. The largest absolute Gasteiger partial charge is 0.480 e. The number of rotatable bonds is 12. The van der Waals surface area contributed by atoms with Crippen molar-refractivity contribution >= 4 is 29.6 Å². The van der Waals surface area contributed by atoms with Crippen molar-refractivity contribution in [1.29, 1.82) is 0 Å². The van der Waals surface area contributed by atoms with Gasteiger partial charge in [0.15, 0.2) is 0 Å². The van der Waals surface area contributed by atoms with Gasteiger partial charge in [0, 0.05) is 6.42 Å². The summed E-state index contributed by atoms with van der Waals surface area (Å²) >= 11 is 0. The zero-order valence-corrected chi connectivity index (χ0v) is 16.9. The van der Waals surface area contributed by atoms with Crippen LogP contribution in [0.15, 0.2) is 30.3 Å². The van der Waals surface area contributed by atoms with Gasteiger partial charge < -0.3 is 37.6 Å². The molecule has 170 valence electrons. The zero-order valence-electron chi connectivity index (χ0n) is 16.9. The molecule has 0 aliphatic rings. The summed E-state index contributed by atoms with van der Waals surface area (Å²) in [6.45, 7) is 0.497. The van der Waals surface area contributed by atoms with Crippen molar-refractivity contribution in [1.82, 2.24) is 16.0 Å². The first-order chi connectivity index (χ1) is 14.5. The fraction of sp³-hybridized carbons (Fsp3) is 0.421. The molecule has 0 aliphatic carbocycles. The summed E-state index contributed by atoms with van der Waals surface area (Å²) in [5.41, 5.74) is 11.2. The lowest BCUT2D eigenvalue weighted by Crippen LogP contribution is -2.58. The van der Waals surface area contributed by atoms with E-state index in [9.17, 15) is 34.2 Å². The van der Waals surface area contributed by atoms with Gasteiger partial charge >= 0.3 is 5.97 Å². The number of carboxylic acid groups (broad SMARTS) is 1. The number of aliphatic hydroxyl groups is 1. The van der Waals surface area contributed by atoms with Crippen molar-refractivity contribution < 1.29 is 34.2 Å². The van der Waals surface area contributed by atoms with Gasteiger partial charge in [0.1, 0.15) is 18.1 Å². The van der Waals surface area contributed by atoms with Gasteiger partial charge in [-0.15, -0.1) is 0 Å². The highest BCUT2D eigenvalue weighted by atomic mass is 16.4. The van der Waals surface area contributed by atoms with E-state index in [1.165, 1.54) is 6.92 Å². The molecular formula is C19H27N5O7. The highest BCUT2D eigenvalue weighted by Crippen LogP contribution is 2.04. The van der Waals surface area contributed by atoms with Crippen molar-refractivity contribution in [2.45, 2.75) is 43.9 Å². The van der Waals surface area contributed by atoms with E-state index in [-0.39, 0.29) is 6.42 Å². The van der Waals surface area contributed by atoms with E-state index in [4.69, 9.17) is 11.5 Å². The number of carbonyl (C=O) groups is 5. The number of primary amides is 1. The fourth-order valence-electron chi connectivity index (χ4n) is 2.50. The van der Waals surface area contributed by atoms with Crippen LogP contribution in [0, 0.1) is 0 Å². The molecule has 0 aromatic heterocycles. The molecule has 4 unspecified atom stereocenters. The number of hydrogen-bond donors (Lipinski definition) is 7. The van der Waals surface area contributed by atoms with Crippen molar-refractivity contribution in [3.8, 4) is 0 Å². The lowest BCUT2D eigenvalue weighted by atomic mass is 10.1. The van der Waals surface area contributed by atoms with E-state index >= 15 is 0 Å². The number of nitrogens with one attached hydrogen (secondary N) is 3. The van der Waals surface area contributed by atoms with Crippen molar-refractivity contribution in [3.63, 3.8) is 0 Å². The molecule has 0 spiro atoms. The average molecular weight is 437 g/mol. The molecule has 1 aromatic carbocycles. The minimum atomic E-state index is -1.53. The van der Waals surface area contributed by atoms with Crippen LogP contribution in [0.3, 0.4) is 0 Å². The minimum absolute atomic E-state index is 0.0250. The molecule has 0 saturated heterocycles. The number of carboxylic acids is 1. The van der Waals surface area contributed by atoms with E-state index < -0.39 is 66.8 Å². The summed E-state index contributed by atoms with van der Waals surface area (Å²) in [6.07, 6.45) is -0.599. The Kier molecular flexibility index (Phi) is 10.1. The number of nitrogens with two attached hydrogens (primary N) is 2. The van der Waals surface area contributed by atoms with Crippen molar-refractivity contribution in [3.05, 3.63) is 35.9 Å². The molecule has 12 nitrogen and oxygen atoms in total. The first-order valence-corrected chi connectivity index (χ1v) is 9.37. The third-order valence-corrected chi connectivity index (χ3v) is 4.16. The van der Waals surface area contributed by atoms with Crippen LogP contribution in [0.5, 0.6) is 0 Å². The van der Waals surface area contributed by atoms with Gasteiger partial charge in [-0.05, 0) is 12.5 Å². The van der Waals surface area contributed by atoms with Crippen molar-refractivity contribution in [2.24, 2.45) is 11.5 Å². The molecule has 0 heterocycles. The Morgan fingerprint density at radius 2 is 1.42 bits per heavy atom. The second-order valence-corrected chi connectivity index (χ2v) is 6.85. The minimum Gasteiger partial charge on any atom is -0.480 e. The molecule has 0 radical (unpaired) electrons. The summed E-state index contributed by atoms with van der Waals surface area (Å²) in [5, 5.41) is 25.5. The summed E-state index contributed by atoms with van der Waals surface area (Å²) in [5.74, 6) is -4.88. The van der Waals surface area contributed by atoms with E-state index in [1.807, 2.05) is 0 Å². The summed E-state index contributed by atoms with van der Waals surface area (Å²) < 4.78 is 0. The molecule has 4 amide bonds. The van der Waals surface area contributed by atoms with Crippen LogP contribution >= 0.6 is 0 Å². The normalized spacial score (nSPS) is 14.4. The van der Waals surface area contributed by atoms with Gasteiger partial charge in [-0.2, -0.15) is 0 Å². The Labute approximate surface area is 178 Å². The Bertz CT molecular complexity index is 800. The highest BCUT2D eigenvalue weighted by Gasteiger charge is 2.30.